The molecule has 1 atom stereocenters. The molecule has 0 aliphatic rings. The predicted molar refractivity (Wildman–Crippen MR) is 98.6 cm³/mol. The van der Waals surface area contributed by atoms with Crippen LogP contribution in [-0.2, 0) is 14.3 Å². The molecular weight excluding hydrogens is 296 g/mol. The van der Waals surface area contributed by atoms with Gasteiger partial charge in [0.05, 0.1) is 13.2 Å². The lowest BCUT2D eigenvalue weighted by Gasteiger charge is -2.12. The van der Waals surface area contributed by atoms with E-state index in [4.69, 9.17) is 14.6 Å². The summed E-state index contributed by atoms with van der Waals surface area (Å²) < 4.78 is 9.80. The number of amides is 1. The Morgan fingerprint density at radius 1 is 1.09 bits per heavy atom. The van der Waals surface area contributed by atoms with E-state index in [9.17, 15) is 4.79 Å². The number of hydrogen-bond donors (Lipinski definition) is 3. The number of hydrogen-bond acceptors (Lipinski definition) is 5. The Balaban J connectivity index is -0.000000267. The molecule has 0 spiro atoms. The molecule has 4 N–H and O–H groups in total. The molecule has 0 rings (SSSR count). The molecular formula is C17H42N2O4. The largest absolute Gasteiger partial charge is 0.396 e. The van der Waals surface area contributed by atoms with E-state index in [1.54, 1.807) is 14.2 Å². The first-order valence-corrected chi connectivity index (χ1v) is 8.67. The van der Waals surface area contributed by atoms with Gasteiger partial charge in [0.1, 0.15) is 0 Å². The number of carbonyl (C=O) groups excluding carboxylic acids is 1. The van der Waals surface area contributed by atoms with Gasteiger partial charge in [0.15, 0.2) is 0 Å². The Bertz CT molecular complexity index is 193. The average molecular weight is 339 g/mol. The normalized spacial score (nSPS) is 9.96. The Labute approximate surface area is 144 Å². The first-order valence-electron chi connectivity index (χ1n) is 8.67. The number of methoxy groups -OCH3 is 2. The molecule has 0 aliphatic carbocycles. The zero-order valence-electron chi connectivity index (χ0n) is 16.5. The zero-order chi connectivity index (χ0) is 18.9. The van der Waals surface area contributed by atoms with Crippen LogP contribution in [0.15, 0.2) is 0 Å². The molecule has 0 radical (unpaired) electrons. The first kappa shape index (κ1) is 30.2. The molecule has 0 saturated heterocycles. The Hall–Kier alpha value is -0.690. The highest BCUT2D eigenvalue weighted by atomic mass is 16.5. The lowest BCUT2D eigenvalue weighted by molar-refractivity contribution is -0.121. The van der Waals surface area contributed by atoms with Crippen molar-refractivity contribution in [1.82, 2.24) is 5.32 Å². The fourth-order valence-corrected chi connectivity index (χ4v) is 1.53. The highest BCUT2D eigenvalue weighted by Crippen LogP contribution is 2.07. The summed E-state index contributed by atoms with van der Waals surface area (Å²) in [5.41, 5.74) is 4.50. The van der Waals surface area contributed by atoms with Gasteiger partial charge in [-0.05, 0) is 19.9 Å². The van der Waals surface area contributed by atoms with Crippen molar-refractivity contribution in [2.24, 2.45) is 11.7 Å². The van der Waals surface area contributed by atoms with Crippen LogP contribution in [0.1, 0.15) is 53.4 Å². The number of nitrogens with two attached hydrogens (primary N) is 1. The van der Waals surface area contributed by atoms with Crippen LogP contribution in [0.3, 0.4) is 0 Å². The molecule has 144 valence electrons. The van der Waals surface area contributed by atoms with Gasteiger partial charge in [-0.15, -0.1) is 0 Å². The summed E-state index contributed by atoms with van der Waals surface area (Å²) in [7, 11) is 4.72. The van der Waals surface area contributed by atoms with Crippen LogP contribution in [0.5, 0.6) is 0 Å². The summed E-state index contributed by atoms with van der Waals surface area (Å²) in [5.74, 6) is 0.242. The van der Waals surface area contributed by atoms with Gasteiger partial charge in [-0.25, -0.2) is 0 Å². The van der Waals surface area contributed by atoms with Crippen LogP contribution >= 0.6 is 0 Å². The number of aliphatic hydroxyl groups excluding tert-OH is 1. The molecule has 0 aliphatic heterocycles. The van der Waals surface area contributed by atoms with E-state index in [1.165, 1.54) is 7.05 Å². The second-order valence-electron chi connectivity index (χ2n) is 4.09. The molecule has 0 aromatic rings. The van der Waals surface area contributed by atoms with Crippen molar-refractivity contribution in [3.05, 3.63) is 0 Å². The molecule has 6 heteroatoms. The van der Waals surface area contributed by atoms with Gasteiger partial charge < -0.3 is 25.6 Å². The second-order valence-corrected chi connectivity index (χ2v) is 4.09. The average Bonchev–Trinajstić information content (AvgIpc) is 2.63. The Morgan fingerprint density at radius 2 is 1.65 bits per heavy atom. The highest BCUT2D eigenvalue weighted by molar-refractivity contribution is 5.75. The Morgan fingerprint density at radius 3 is 2.09 bits per heavy atom. The minimum Gasteiger partial charge on any atom is -0.396 e. The molecule has 0 heterocycles. The fourth-order valence-electron chi connectivity index (χ4n) is 1.53. The van der Waals surface area contributed by atoms with Crippen LogP contribution in [-0.4, -0.2) is 58.6 Å². The van der Waals surface area contributed by atoms with E-state index in [0.717, 1.165) is 19.3 Å². The lowest BCUT2D eigenvalue weighted by Crippen LogP contribution is -2.25. The maximum atomic E-state index is 11.2. The van der Waals surface area contributed by atoms with E-state index < -0.39 is 0 Å². The topological polar surface area (TPSA) is 93.8 Å². The third-order valence-electron chi connectivity index (χ3n) is 2.56. The van der Waals surface area contributed by atoms with Crippen LogP contribution < -0.4 is 11.1 Å². The molecule has 1 unspecified atom stereocenters. The lowest BCUT2D eigenvalue weighted by atomic mass is 10.0. The third-order valence-corrected chi connectivity index (χ3v) is 2.56. The summed E-state index contributed by atoms with van der Waals surface area (Å²) in [6, 6.07) is 0. The van der Waals surface area contributed by atoms with E-state index in [2.05, 4.69) is 11.1 Å². The number of aliphatic hydroxyl groups is 1. The van der Waals surface area contributed by atoms with Crippen molar-refractivity contribution in [3.63, 3.8) is 0 Å². The first-order chi connectivity index (χ1) is 11.2. The standard InChI is InChI=1S/C12H25NO4.2C2H6.CH5N/c1-16-8-6-12(15)13-7-4-3-5-11(9-14)10-17-2;3*1-2/h11,14H,3-10H2,1-2H3,(H,13,15);2*1-2H3;2H2,1H3. The quantitative estimate of drug-likeness (QED) is 0.502. The van der Waals surface area contributed by atoms with E-state index >= 15 is 0 Å². The molecule has 0 aromatic carbocycles. The van der Waals surface area contributed by atoms with Gasteiger partial charge in [-0.1, -0.05) is 34.1 Å². The van der Waals surface area contributed by atoms with Gasteiger partial charge in [0.25, 0.3) is 0 Å². The summed E-state index contributed by atoms with van der Waals surface area (Å²) in [6.45, 7) is 9.91. The minimum absolute atomic E-state index is 0.0300. The number of carbonyl (C=O) groups is 1. The smallest absolute Gasteiger partial charge is 0.222 e. The highest BCUT2D eigenvalue weighted by Gasteiger charge is 2.06. The SMILES string of the molecule is CC.CC.CN.COCCC(=O)NCCCCC(CO)COC. The van der Waals surface area contributed by atoms with Crippen LogP contribution in [0.2, 0.25) is 0 Å². The zero-order valence-corrected chi connectivity index (χ0v) is 16.5. The molecule has 6 nitrogen and oxygen atoms in total. The second kappa shape index (κ2) is 33.0. The van der Waals surface area contributed by atoms with E-state index in [1.807, 2.05) is 27.7 Å². The van der Waals surface area contributed by atoms with Crippen molar-refractivity contribution in [2.75, 3.05) is 47.6 Å². The van der Waals surface area contributed by atoms with Gasteiger partial charge in [-0.2, -0.15) is 0 Å². The molecule has 1 amide bonds. The van der Waals surface area contributed by atoms with Crippen LogP contribution in [0, 0.1) is 5.92 Å². The Kier molecular flexibility index (Phi) is 43.4. The number of unbranched alkanes of at least 4 members (excludes halogenated alkanes) is 1. The minimum atomic E-state index is 0.0300. The monoisotopic (exact) mass is 338 g/mol. The van der Waals surface area contributed by atoms with Crippen LogP contribution in [0.4, 0.5) is 0 Å². The number of ether oxygens (including phenoxy) is 2. The molecule has 0 saturated carbocycles. The number of rotatable bonds is 11. The van der Waals surface area contributed by atoms with Crippen molar-refractivity contribution < 1.29 is 19.4 Å². The van der Waals surface area contributed by atoms with Crippen molar-refractivity contribution in [3.8, 4) is 0 Å². The van der Waals surface area contributed by atoms with E-state index in [-0.39, 0.29) is 18.4 Å². The molecule has 0 fully saturated rings. The third kappa shape index (κ3) is 29.9. The van der Waals surface area contributed by atoms with Gasteiger partial charge >= 0.3 is 0 Å². The van der Waals surface area contributed by atoms with Crippen molar-refractivity contribution in [1.29, 1.82) is 0 Å². The van der Waals surface area contributed by atoms with Crippen LogP contribution in [0.25, 0.3) is 0 Å². The van der Waals surface area contributed by atoms with Gasteiger partial charge in [0.2, 0.25) is 5.91 Å². The molecule has 23 heavy (non-hydrogen) atoms. The van der Waals surface area contributed by atoms with Crippen molar-refractivity contribution in [2.45, 2.75) is 53.4 Å². The maximum Gasteiger partial charge on any atom is 0.222 e. The van der Waals surface area contributed by atoms with Gasteiger partial charge in [-0.3, -0.25) is 4.79 Å². The summed E-state index contributed by atoms with van der Waals surface area (Å²) in [4.78, 5) is 11.2. The summed E-state index contributed by atoms with van der Waals surface area (Å²) in [5, 5.41) is 11.9. The molecule has 0 bridgehead atoms. The summed E-state index contributed by atoms with van der Waals surface area (Å²) >= 11 is 0. The predicted octanol–water partition coefficient (Wildman–Crippen LogP) is 2.19. The van der Waals surface area contributed by atoms with E-state index in [0.29, 0.717) is 26.2 Å². The van der Waals surface area contributed by atoms with Gasteiger partial charge in [0, 0.05) is 39.7 Å². The number of nitrogens with one attached hydrogen (secondary N) is 1. The summed E-state index contributed by atoms with van der Waals surface area (Å²) in [6.07, 6.45) is 3.26. The maximum absolute atomic E-state index is 11.2. The molecule has 0 aromatic heterocycles. The van der Waals surface area contributed by atoms with Crippen molar-refractivity contribution >= 4 is 5.91 Å². The fraction of sp³-hybridized carbons (Fsp3) is 0.941.